The number of pyridine rings is 1. The van der Waals surface area contributed by atoms with Gasteiger partial charge in [-0.15, -0.1) is 0 Å². The fraction of sp³-hybridized carbons (Fsp3) is 0.208. The Morgan fingerprint density at radius 2 is 1.91 bits per heavy atom. The lowest BCUT2D eigenvalue weighted by atomic mass is 9.77. The third-order valence-electron chi connectivity index (χ3n) is 6.01. The molecule has 32 heavy (non-hydrogen) atoms. The smallest absolute Gasteiger partial charge is 0.254 e. The third-order valence-corrected chi connectivity index (χ3v) is 6.70. The van der Waals surface area contributed by atoms with E-state index in [1.807, 2.05) is 54.6 Å². The number of amides is 1. The van der Waals surface area contributed by atoms with Gasteiger partial charge in [0.25, 0.3) is 5.91 Å². The largest absolute Gasteiger partial charge is 0.390 e. The first kappa shape index (κ1) is 20.7. The molecule has 2 aromatic heterocycles. The number of nitrogens with two attached hydrogens (primary N) is 2. The number of carbonyl (C=O) groups excluding carboxylic acids is 1. The molecule has 0 aliphatic heterocycles. The van der Waals surface area contributed by atoms with Crippen molar-refractivity contribution in [3.05, 3.63) is 64.6 Å². The summed E-state index contributed by atoms with van der Waals surface area (Å²) in [6.07, 6.45) is 1.04. The van der Waals surface area contributed by atoms with E-state index in [0.29, 0.717) is 24.1 Å². The Balaban J connectivity index is 1.61. The van der Waals surface area contributed by atoms with Crippen LogP contribution in [0.2, 0.25) is 0 Å². The van der Waals surface area contributed by atoms with Gasteiger partial charge in [0.05, 0.1) is 22.9 Å². The number of aliphatic hydroxyl groups is 1. The number of nitrogen functional groups attached to an aromatic ring is 1. The summed E-state index contributed by atoms with van der Waals surface area (Å²) in [6, 6.07) is 17.5. The summed E-state index contributed by atoms with van der Waals surface area (Å²) < 4.78 is 2.57. The number of carbonyl (C=O) groups is 1. The molecule has 0 bridgehead atoms. The van der Waals surface area contributed by atoms with Gasteiger partial charge in [-0.3, -0.25) is 4.79 Å². The second-order valence-electron chi connectivity index (χ2n) is 8.56. The highest BCUT2D eigenvalue weighted by Gasteiger charge is 2.41. The second-order valence-corrected chi connectivity index (χ2v) is 9.41. The number of hydrogen-bond acceptors (Lipinski definition) is 5. The normalized spacial score (nSPS) is 20.3. The molecule has 2 heterocycles. The molecule has 1 fully saturated rings. The van der Waals surface area contributed by atoms with Gasteiger partial charge in [-0.2, -0.15) is 5.10 Å². The van der Waals surface area contributed by atoms with Gasteiger partial charge in [0, 0.05) is 21.0 Å². The van der Waals surface area contributed by atoms with E-state index in [-0.39, 0.29) is 17.4 Å². The molecule has 7 nitrogen and oxygen atoms in total. The lowest BCUT2D eigenvalue weighted by molar-refractivity contribution is -0.0535. The highest BCUT2D eigenvalue weighted by atomic mass is 79.9. The number of anilines is 1. The number of benzene rings is 2. The Morgan fingerprint density at radius 3 is 2.59 bits per heavy atom. The second kappa shape index (κ2) is 7.43. The number of hydrogen-bond donors (Lipinski definition) is 3. The average Bonchev–Trinajstić information content (AvgIpc) is 3.08. The van der Waals surface area contributed by atoms with Crippen molar-refractivity contribution in [2.45, 2.75) is 31.4 Å². The fourth-order valence-electron chi connectivity index (χ4n) is 4.38. The van der Waals surface area contributed by atoms with Gasteiger partial charge in [0.1, 0.15) is 17.1 Å². The van der Waals surface area contributed by atoms with Crippen molar-refractivity contribution in [1.82, 2.24) is 14.8 Å². The number of aromatic nitrogens is 3. The van der Waals surface area contributed by atoms with Crippen LogP contribution >= 0.6 is 15.9 Å². The van der Waals surface area contributed by atoms with E-state index >= 15 is 0 Å². The van der Waals surface area contributed by atoms with E-state index in [1.54, 1.807) is 11.6 Å². The van der Waals surface area contributed by atoms with E-state index in [4.69, 9.17) is 16.5 Å². The molecule has 1 amide bonds. The Bertz CT molecular complexity index is 1370. The monoisotopic (exact) mass is 491 g/mol. The number of fused-ring (bicyclic) bond motifs is 1. The van der Waals surface area contributed by atoms with Gasteiger partial charge < -0.3 is 16.6 Å². The van der Waals surface area contributed by atoms with Crippen LogP contribution in [0, 0.1) is 0 Å². The number of halogens is 1. The van der Waals surface area contributed by atoms with Gasteiger partial charge in [0.2, 0.25) is 0 Å². The van der Waals surface area contributed by atoms with Gasteiger partial charge in [0.15, 0.2) is 0 Å². The number of primary amides is 1. The van der Waals surface area contributed by atoms with Crippen molar-refractivity contribution in [2.75, 3.05) is 5.73 Å². The van der Waals surface area contributed by atoms with Crippen LogP contribution in [-0.4, -0.2) is 31.4 Å². The zero-order valence-corrected chi connectivity index (χ0v) is 19.0. The third kappa shape index (κ3) is 3.45. The molecule has 0 saturated heterocycles. The maximum absolute atomic E-state index is 12.2. The molecule has 1 aliphatic carbocycles. The predicted molar refractivity (Wildman–Crippen MR) is 128 cm³/mol. The van der Waals surface area contributed by atoms with Crippen molar-refractivity contribution in [1.29, 1.82) is 0 Å². The molecule has 8 heteroatoms. The van der Waals surface area contributed by atoms with Gasteiger partial charge in [-0.05, 0) is 38.0 Å². The first-order valence-corrected chi connectivity index (χ1v) is 11.1. The summed E-state index contributed by atoms with van der Waals surface area (Å²) >= 11 is 3.58. The maximum atomic E-state index is 12.2. The minimum absolute atomic E-state index is 0.0718. The Kier molecular flexibility index (Phi) is 4.79. The standard InChI is InChI=1S/C24H22BrN5O2/c1-24(32)11-15(12-24)30-22(26)20(23(27)31)21(29-30)14-7-6-13-8-9-18(28-19(13)10-14)16-4-2-3-5-17(16)25/h2-10,15,32H,11-12,26H2,1H3,(H2,27,31). The number of rotatable bonds is 4. The van der Waals surface area contributed by atoms with E-state index in [0.717, 1.165) is 26.6 Å². The first-order chi connectivity index (χ1) is 15.2. The predicted octanol–water partition coefficient (Wildman–Crippen LogP) is 4.29. The Hall–Kier alpha value is -3.23. The summed E-state index contributed by atoms with van der Waals surface area (Å²) in [5.74, 6) is -0.409. The molecular formula is C24H22BrN5O2. The van der Waals surface area contributed by atoms with Crippen LogP contribution in [0.5, 0.6) is 0 Å². The first-order valence-electron chi connectivity index (χ1n) is 10.3. The minimum atomic E-state index is -0.745. The fourth-order valence-corrected chi connectivity index (χ4v) is 4.87. The summed E-state index contributed by atoms with van der Waals surface area (Å²) in [5, 5.41) is 15.7. The summed E-state index contributed by atoms with van der Waals surface area (Å²) in [5.41, 5.74) is 15.1. The van der Waals surface area contributed by atoms with Gasteiger partial charge in [-0.25, -0.2) is 9.67 Å². The van der Waals surface area contributed by atoms with Crippen molar-refractivity contribution >= 4 is 38.6 Å². The topological polar surface area (TPSA) is 120 Å². The van der Waals surface area contributed by atoms with E-state index in [1.165, 1.54) is 0 Å². The zero-order valence-electron chi connectivity index (χ0n) is 17.4. The van der Waals surface area contributed by atoms with Crippen LogP contribution in [0.3, 0.4) is 0 Å². The van der Waals surface area contributed by atoms with Crippen LogP contribution in [0.4, 0.5) is 5.82 Å². The SMILES string of the molecule is CC1(O)CC(n2nc(-c3ccc4ccc(-c5ccccc5Br)nc4c3)c(C(N)=O)c2N)C1. The lowest BCUT2D eigenvalue weighted by Crippen LogP contribution is -2.42. The molecule has 0 radical (unpaired) electrons. The molecule has 1 aliphatic rings. The van der Waals surface area contributed by atoms with Crippen LogP contribution in [-0.2, 0) is 0 Å². The molecular weight excluding hydrogens is 470 g/mol. The molecule has 5 rings (SSSR count). The highest BCUT2D eigenvalue weighted by molar-refractivity contribution is 9.10. The molecule has 162 valence electrons. The molecule has 4 aromatic rings. The van der Waals surface area contributed by atoms with E-state index in [2.05, 4.69) is 21.0 Å². The molecule has 2 aromatic carbocycles. The molecule has 5 N–H and O–H groups in total. The quantitative estimate of drug-likeness (QED) is 0.393. The summed E-state index contributed by atoms with van der Waals surface area (Å²) in [7, 11) is 0. The van der Waals surface area contributed by atoms with Crippen LogP contribution in [0.15, 0.2) is 59.1 Å². The Morgan fingerprint density at radius 1 is 1.19 bits per heavy atom. The van der Waals surface area contributed by atoms with Crippen molar-refractivity contribution < 1.29 is 9.90 Å². The molecule has 1 saturated carbocycles. The average molecular weight is 492 g/mol. The molecule has 0 spiro atoms. The zero-order chi connectivity index (χ0) is 22.6. The van der Waals surface area contributed by atoms with Crippen LogP contribution < -0.4 is 11.5 Å². The van der Waals surface area contributed by atoms with Crippen LogP contribution in [0.25, 0.3) is 33.4 Å². The number of nitrogens with zero attached hydrogens (tertiary/aromatic N) is 3. The minimum Gasteiger partial charge on any atom is -0.390 e. The molecule has 0 atom stereocenters. The van der Waals surface area contributed by atoms with Crippen molar-refractivity contribution in [3.63, 3.8) is 0 Å². The van der Waals surface area contributed by atoms with Crippen molar-refractivity contribution in [3.8, 4) is 22.5 Å². The highest BCUT2D eigenvalue weighted by Crippen LogP contribution is 2.43. The Labute approximate surface area is 193 Å². The van der Waals surface area contributed by atoms with Gasteiger partial charge in [-0.1, -0.05) is 52.3 Å². The summed E-state index contributed by atoms with van der Waals surface area (Å²) in [4.78, 5) is 17.1. The molecule has 0 unspecified atom stereocenters. The lowest BCUT2D eigenvalue weighted by Gasteiger charge is -2.41. The van der Waals surface area contributed by atoms with E-state index in [9.17, 15) is 9.90 Å². The van der Waals surface area contributed by atoms with Crippen molar-refractivity contribution in [2.24, 2.45) is 5.73 Å². The van der Waals surface area contributed by atoms with Gasteiger partial charge >= 0.3 is 0 Å². The van der Waals surface area contributed by atoms with E-state index < -0.39 is 11.5 Å². The summed E-state index contributed by atoms with van der Waals surface area (Å²) in [6.45, 7) is 1.77. The van der Waals surface area contributed by atoms with Crippen LogP contribution in [0.1, 0.15) is 36.2 Å². The maximum Gasteiger partial charge on any atom is 0.254 e.